The summed E-state index contributed by atoms with van der Waals surface area (Å²) in [5, 5.41) is 9.30. The van der Waals surface area contributed by atoms with Crippen molar-refractivity contribution in [2.75, 3.05) is 19.7 Å². The number of hydrogen-bond donors (Lipinski definition) is 1. The largest absolute Gasteiger partial charge is 0.489 e. The van der Waals surface area contributed by atoms with Gasteiger partial charge in [-0.15, -0.1) is 0 Å². The lowest BCUT2D eigenvalue weighted by Gasteiger charge is -2.33. The number of ether oxygens (including phenoxy) is 3. The fourth-order valence-electron chi connectivity index (χ4n) is 2.69. The van der Waals surface area contributed by atoms with E-state index in [9.17, 15) is 27.9 Å². The smallest absolute Gasteiger partial charge is 0.422 e. The lowest BCUT2D eigenvalue weighted by molar-refractivity contribution is -0.153. The van der Waals surface area contributed by atoms with Crippen molar-refractivity contribution in [2.24, 2.45) is 0 Å². The topological polar surface area (TPSA) is 85.3 Å². The summed E-state index contributed by atoms with van der Waals surface area (Å²) in [5.74, 6) is -1.49. The van der Waals surface area contributed by atoms with Crippen molar-refractivity contribution in [3.63, 3.8) is 0 Å². The molecule has 1 aliphatic heterocycles. The quantitative estimate of drug-likeness (QED) is 0.773. The SMILES string of the molecule is CC(C)(C)OC(=O)N1CCC(Oc2cc(OCC(F)(F)F)ccc2C(=O)O)CC1. The summed E-state index contributed by atoms with van der Waals surface area (Å²) in [4.78, 5) is 25.0. The number of amides is 1. The first kappa shape index (κ1) is 22.6. The van der Waals surface area contributed by atoms with E-state index in [2.05, 4.69) is 4.74 Å². The molecular formula is C19H24F3NO6. The van der Waals surface area contributed by atoms with Crippen molar-refractivity contribution in [3.05, 3.63) is 23.8 Å². The van der Waals surface area contributed by atoms with Gasteiger partial charge in [0, 0.05) is 32.0 Å². The number of carboxylic acid groups (broad SMARTS) is 1. The third-order valence-corrected chi connectivity index (χ3v) is 3.97. The Morgan fingerprint density at radius 1 is 1.17 bits per heavy atom. The van der Waals surface area contributed by atoms with E-state index in [0.29, 0.717) is 25.9 Å². The van der Waals surface area contributed by atoms with E-state index in [0.717, 1.165) is 18.2 Å². The third kappa shape index (κ3) is 7.35. The van der Waals surface area contributed by atoms with E-state index in [1.54, 1.807) is 20.8 Å². The van der Waals surface area contributed by atoms with Crippen LogP contribution >= 0.6 is 0 Å². The van der Waals surface area contributed by atoms with Crippen LogP contribution in [-0.2, 0) is 4.74 Å². The summed E-state index contributed by atoms with van der Waals surface area (Å²) in [6.45, 7) is 4.51. The molecule has 0 atom stereocenters. The van der Waals surface area contributed by atoms with Gasteiger partial charge in [0.1, 0.15) is 28.8 Å². The Hall–Kier alpha value is -2.65. The van der Waals surface area contributed by atoms with Crippen LogP contribution in [0.1, 0.15) is 44.0 Å². The summed E-state index contributed by atoms with van der Waals surface area (Å²) in [6.07, 6.45) is -4.51. The molecule has 7 nitrogen and oxygen atoms in total. The molecule has 0 unspecified atom stereocenters. The van der Waals surface area contributed by atoms with E-state index in [4.69, 9.17) is 9.47 Å². The predicted octanol–water partition coefficient (Wildman–Crippen LogP) is 4.10. The first-order chi connectivity index (χ1) is 13.3. The van der Waals surface area contributed by atoms with Gasteiger partial charge in [-0.25, -0.2) is 9.59 Å². The molecule has 1 amide bonds. The molecule has 0 aromatic heterocycles. The van der Waals surface area contributed by atoms with E-state index in [-0.39, 0.29) is 17.1 Å². The highest BCUT2D eigenvalue weighted by Crippen LogP contribution is 2.29. The number of benzene rings is 1. The van der Waals surface area contributed by atoms with Gasteiger partial charge >= 0.3 is 18.2 Å². The second-order valence-corrected chi connectivity index (χ2v) is 7.65. The molecule has 10 heteroatoms. The lowest BCUT2D eigenvalue weighted by Crippen LogP contribution is -2.44. The number of carboxylic acids is 1. The van der Waals surface area contributed by atoms with Gasteiger partial charge in [-0.1, -0.05) is 0 Å². The number of rotatable bonds is 5. The van der Waals surface area contributed by atoms with Gasteiger partial charge in [0.25, 0.3) is 0 Å². The van der Waals surface area contributed by atoms with Crippen molar-refractivity contribution in [1.82, 2.24) is 4.90 Å². The zero-order chi connectivity index (χ0) is 21.8. The molecule has 162 valence electrons. The predicted molar refractivity (Wildman–Crippen MR) is 96.4 cm³/mol. The fourth-order valence-corrected chi connectivity index (χ4v) is 2.69. The van der Waals surface area contributed by atoms with Crippen molar-refractivity contribution in [1.29, 1.82) is 0 Å². The Morgan fingerprint density at radius 2 is 1.79 bits per heavy atom. The van der Waals surface area contributed by atoms with Gasteiger partial charge < -0.3 is 24.2 Å². The second kappa shape index (κ2) is 8.79. The molecule has 0 spiro atoms. The van der Waals surface area contributed by atoms with Crippen molar-refractivity contribution < 1.29 is 42.1 Å². The van der Waals surface area contributed by atoms with Crippen LogP contribution in [0, 0.1) is 0 Å². The molecule has 0 radical (unpaired) electrons. The molecule has 1 fully saturated rings. The molecule has 2 rings (SSSR count). The van der Waals surface area contributed by atoms with Crippen LogP contribution in [-0.4, -0.2) is 59.6 Å². The summed E-state index contributed by atoms with van der Waals surface area (Å²) >= 11 is 0. The van der Waals surface area contributed by atoms with Gasteiger partial charge in [0.2, 0.25) is 0 Å². The van der Waals surface area contributed by atoms with E-state index in [1.165, 1.54) is 4.90 Å². The maximum atomic E-state index is 12.3. The summed E-state index contributed by atoms with van der Waals surface area (Å²) in [6, 6.07) is 3.42. The average molecular weight is 419 g/mol. The third-order valence-electron chi connectivity index (χ3n) is 3.97. The number of alkyl halides is 3. The van der Waals surface area contributed by atoms with Gasteiger partial charge in [-0.05, 0) is 32.9 Å². The monoisotopic (exact) mass is 419 g/mol. The van der Waals surface area contributed by atoms with E-state index < -0.39 is 36.6 Å². The molecule has 1 aromatic rings. The van der Waals surface area contributed by atoms with E-state index >= 15 is 0 Å². The summed E-state index contributed by atoms with van der Waals surface area (Å²) < 4.78 is 52.7. The van der Waals surface area contributed by atoms with Crippen LogP contribution in [0.4, 0.5) is 18.0 Å². The Morgan fingerprint density at radius 3 is 2.31 bits per heavy atom. The van der Waals surface area contributed by atoms with Gasteiger partial charge in [-0.3, -0.25) is 0 Å². The van der Waals surface area contributed by atoms with Crippen LogP contribution in [0.25, 0.3) is 0 Å². The van der Waals surface area contributed by atoms with Gasteiger partial charge in [-0.2, -0.15) is 13.2 Å². The number of piperidine rings is 1. The highest BCUT2D eigenvalue weighted by Gasteiger charge is 2.30. The number of halogens is 3. The zero-order valence-electron chi connectivity index (χ0n) is 16.4. The average Bonchev–Trinajstić information content (AvgIpc) is 2.58. The van der Waals surface area contributed by atoms with Crippen LogP contribution < -0.4 is 9.47 Å². The second-order valence-electron chi connectivity index (χ2n) is 7.65. The standard InChI is InChI=1S/C19H24F3NO6/c1-18(2,3)29-17(26)23-8-6-12(7-9-23)28-15-10-13(27-11-19(20,21)22)4-5-14(15)16(24)25/h4-5,10,12H,6-9,11H2,1-3H3,(H,24,25). The van der Waals surface area contributed by atoms with Crippen molar-refractivity contribution in [3.8, 4) is 11.5 Å². The van der Waals surface area contributed by atoms with Crippen LogP contribution in [0.3, 0.4) is 0 Å². The molecular weight excluding hydrogens is 395 g/mol. The normalized spacial score (nSPS) is 15.7. The maximum absolute atomic E-state index is 12.3. The molecule has 1 aromatic carbocycles. The molecule has 1 saturated heterocycles. The Kier molecular flexibility index (Phi) is 6.86. The summed E-state index contributed by atoms with van der Waals surface area (Å²) in [7, 11) is 0. The van der Waals surface area contributed by atoms with Crippen molar-refractivity contribution >= 4 is 12.1 Å². The maximum Gasteiger partial charge on any atom is 0.422 e. The molecule has 0 aliphatic carbocycles. The molecule has 1 heterocycles. The van der Waals surface area contributed by atoms with Gasteiger partial charge in [0.05, 0.1) is 0 Å². The highest BCUT2D eigenvalue weighted by molar-refractivity contribution is 5.91. The summed E-state index contributed by atoms with van der Waals surface area (Å²) in [5.41, 5.74) is -0.795. The number of aromatic carboxylic acids is 1. The highest BCUT2D eigenvalue weighted by atomic mass is 19.4. The minimum atomic E-state index is -4.51. The molecule has 29 heavy (non-hydrogen) atoms. The Bertz CT molecular complexity index is 736. The first-order valence-corrected chi connectivity index (χ1v) is 9.05. The molecule has 1 N–H and O–H groups in total. The van der Waals surface area contributed by atoms with Gasteiger partial charge in [0.15, 0.2) is 6.61 Å². The number of hydrogen-bond acceptors (Lipinski definition) is 5. The first-order valence-electron chi connectivity index (χ1n) is 9.05. The van der Waals surface area contributed by atoms with Crippen LogP contribution in [0.15, 0.2) is 18.2 Å². The zero-order valence-corrected chi connectivity index (χ0v) is 16.4. The number of likely N-dealkylation sites (tertiary alicyclic amines) is 1. The van der Waals surface area contributed by atoms with Crippen molar-refractivity contribution in [2.45, 2.75) is 51.5 Å². The van der Waals surface area contributed by atoms with Crippen LogP contribution in [0.2, 0.25) is 0 Å². The molecule has 1 aliphatic rings. The number of nitrogens with zero attached hydrogens (tertiary/aromatic N) is 1. The Labute approximate surface area is 166 Å². The molecule has 0 saturated carbocycles. The lowest BCUT2D eigenvalue weighted by atomic mass is 10.1. The van der Waals surface area contributed by atoms with E-state index in [1.807, 2.05) is 0 Å². The van der Waals surface area contributed by atoms with Crippen LogP contribution in [0.5, 0.6) is 11.5 Å². The minimum absolute atomic E-state index is 0.0760. The fraction of sp³-hybridized carbons (Fsp3) is 0.579. The number of carbonyl (C=O) groups is 2. The minimum Gasteiger partial charge on any atom is -0.489 e. The number of carbonyl (C=O) groups excluding carboxylic acids is 1. The Balaban J connectivity index is 2.02. The molecule has 0 bridgehead atoms.